The van der Waals surface area contributed by atoms with E-state index in [0.717, 1.165) is 23.4 Å². The van der Waals surface area contributed by atoms with E-state index in [1.807, 2.05) is 18.7 Å². The summed E-state index contributed by atoms with van der Waals surface area (Å²) >= 11 is 1.90. The average molecular weight is 361 g/mol. The van der Waals surface area contributed by atoms with E-state index in [1.165, 1.54) is 38.5 Å². The fraction of sp³-hybridized carbons (Fsp3) is 0.700. The number of hydrogen-bond acceptors (Lipinski definition) is 3. The largest absolute Gasteiger partial charge is 0.363 e. The number of aryl methyl sites for hydroxylation is 1. The highest BCUT2D eigenvalue weighted by molar-refractivity contribution is 8.01. The van der Waals surface area contributed by atoms with Crippen molar-refractivity contribution < 1.29 is 4.79 Å². The van der Waals surface area contributed by atoms with Crippen LogP contribution in [0.4, 0.5) is 0 Å². The molecule has 4 saturated carbocycles. The molecule has 0 unspecified atom stereocenters. The van der Waals surface area contributed by atoms with Gasteiger partial charge in [0, 0.05) is 27.8 Å². The Bertz CT molecular complexity index is 704. The van der Waals surface area contributed by atoms with Crippen molar-refractivity contribution >= 4 is 17.7 Å². The molecule has 1 aromatic rings. The Morgan fingerprint density at radius 1 is 1.20 bits per heavy atom. The molecule has 4 bridgehead atoms. The van der Waals surface area contributed by atoms with Crippen molar-refractivity contribution in [1.29, 1.82) is 0 Å². The number of thioether (sulfide) groups is 1. The molecule has 4 fully saturated rings. The van der Waals surface area contributed by atoms with Gasteiger partial charge in [0.05, 0.1) is 12.3 Å². The zero-order valence-corrected chi connectivity index (χ0v) is 16.0. The number of aromatic amines is 1. The molecule has 4 aliphatic rings. The summed E-state index contributed by atoms with van der Waals surface area (Å²) in [7, 11) is 0. The van der Waals surface area contributed by atoms with Crippen molar-refractivity contribution in [2.24, 2.45) is 17.8 Å². The first kappa shape index (κ1) is 17.2. The standard InChI is InChI=1S/C20H28N2O2S/c1-12-9-21-17(13(2)19(12)24)10-22-18(23)11-25-20-6-14-3-15(7-20)5-16(4-14)8-20/h9,14-16H,3-8,10-11H2,1-2H3,(H,21,24)(H,22,23). The molecule has 136 valence electrons. The number of H-pyrrole nitrogens is 1. The van der Waals surface area contributed by atoms with Crippen LogP contribution in [0.3, 0.4) is 0 Å². The molecule has 0 atom stereocenters. The highest BCUT2D eigenvalue weighted by Gasteiger charge is 2.51. The highest BCUT2D eigenvalue weighted by Crippen LogP contribution is 2.60. The lowest BCUT2D eigenvalue weighted by Crippen LogP contribution is -2.49. The van der Waals surface area contributed by atoms with Crippen molar-refractivity contribution in [3.8, 4) is 0 Å². The van der Waals surface area contributed by atoms with Crippen LogP contribution in [-0.2, 0) is 11.3 Å². The normalized spacial score (nSPS) is 32.8. The second-order valence-electron chi connectivity index (χ2n) is 8.57. The zero-order chi connectivity index (χ0) is 17.6. The summed E-state index contributed by atoms with van der Waals surface area (Å²) in [5.74, 6) is 3.38. The van der Waals surface area contributed by atoms with Gasteiger partial charge in [0.2, 0.25) is 5.91 Å². The number of aromatic nitrogens is 1. The smallest absolute Gasteiger partial charge is 0.230 e. The van der Waals surface area contributed by atoms with Crippen LogP contribution in [0.15, 0.2) is 11.0 Å². The van der Waals surface area contributed by atoms with Gasteiger partial charge < -0.3 is 10.3 Å². The molecule has 1 heterocycles. The molecule has 0 spiro atoms. The summed E-state index contributed by atoms with van der Waals surface area (Å²) in [5.41, 5.74) is 2.29. The second kappa shape index (κ2) is 6.49. The quantitative estimate of drug-likeness (QED) is 0.847. The Kier molecular flexibility index (Phi) is 4.47. The van der Waals surface area contributed by atoms with Crippen LogP contribution in [-0.4, -0.2) is 21.4 Å². The summed E-state index contributed by atoms with van der Waals surface area (Å²) in [6.07, 6.45) is 10.00. The molecule has 5 rings (SSSR count). The molecule has 0 aromatic carbocycles. The first-order valence-electron chi connectivity index (χ1n) is 9.52. The molecular formula is C20H28N2O2S. The van der Waals surface area contributed by atoms with E-state index >= 15 is 0 Å². The van der Waals surface area contributed by atoms with Crippen molar-refractivity contribution in [3.63, 3.8) is 0 Å². The predicted molar refractivity (Wildman–Crippen MR) is 102 cm³/mol. The van der Waals surface area contributed by atoms with E-state index in [-0.39, 0.29) is 11.3 Å². The first-order valence-corrected chi connectivity index (χ1v) is 10.5. The van der Waals surface area contributed by atoms with Gasteiger partial charge in [-0.25, -0.2) is 0 Å². The number of hydrogen-bond donors (Lipinski definition) is 2. The minimum absolute atomic E-state index is 0.0611. The third kappa shape index (κ3) is 3.40. The fourth-order valence-corrected chi connectivity index (χ4v) is 7.25. The van der Waals surface area contributed by atoms with Crippen LogP contribution in [0.25, 0.3) is 0 Å². The Morgan fingerprint density at radius 2 is 1.80 bits per heavy atom. The van der Waals surface area contributed by atoms with Gasteiger partial charge in [-0.1, -0.05) is 0 Å². The van der Waals surface area contributed by atoms with Crippen molar-refractivity contribution in [3.05, 3.63) is 33.2 Å². The number of carbonyl (C=O) groups is 1. The Hall–Kier alpha value is -1.23. The van der Waals surface area contributed by atoms with Crippen LogP contribution >= 0.6 is 11.8 Å². The second-order valence-corrected chi connectivity index (χ2v) is 10.0. The summed E-state index contributed by atoms with van der Waals surface area (Å²) in [6, 6.07) is 0. The lowest BCUT2D eigenvalue weighted by Gasteiger charge is -2.56. The lowest BCUT2D eigenvalue weighted by molar-refractivity contribution is -0.118. The van der Waals surface area contributed by atoms with E-state index in [2.05, 4.69) is 10.3 Å². The molecule has 0 saturated heterocycles. The van der Waals surface area contributed by atoms with Gasteiger partial charge in [-0.05, 0) is 70.1 Å². The van der Waals surface area contributed by atoms with Crippen LogP contribution in [0, 0.1) is 31.6 Å². The van der Waals surface area contributed by atoms with Gasteiger partial charge >= 0.3 is 0 Å². The molecule has 4 nitrogen and oxygen atoms in total. The maximum Gasteiger partial charge on any atom is 0.230 e. The molecule has 0 radical (unpaired) electrons. The van der Waals surface area contributed by atoms with Gasteiger partial charge in [0.1, 0.15) is 0 Å². The molecule has 1 amide bonds. The number of rotatable bonds is 5. The molecule has 4 aliphatic carbocycles. The maximum atomic E-state index is 12.3. The number of nitrogens with one attached hydrogen (secondary N) is 2. The van der Waals surface area contributed by atoms with Gasteiger partial charge in [0.25, 0.3) is 0 Å². The van der Waals surface area contributed by atoms with E-state index in [0.29, 0.717) is 28.2 Å². The Morgan fingerprint density at radius 3 is 2.40 bits per heavy atom. The highest BCUT2D eigenvalue weighted by atomic mass is 32.2. The lowest BCUT2D eigenvalue weighted by atomic mass is 9.56. The maximum absolute atomic E-state index is 12.3. The molecule has 5 heteroatoms. The number of pyridine rings is 1. The van der Waals surface area contributed by atoms with Gasteiger partial charge in [-0.2, -0.15) is 0 Å². The van der Waals surface area contributed by atoms with Crippen molar-refractivity contribution in [2.75, 3.05) is 5.75 Å². The molecule has 1 aromatic heterocycles. The molecular weight excluding hydrogens is 332 g/mol. The van der Waals surface area contributed by atoms with Crippen molar-refractivity contribution in [1.82, 2.24) is 10.3 Å². The summed E-state index contributed by atoms with van der Waals surface area (Å²) in [6.45, 7) is 4.02. The summed E-state index contributed by atoms with van der Waals surface area (Å²) in [4.78, 5) is 27.5. The third-order valence-electron chi connectivity index (χ3n) is 6.57. The van der Waals surface area contributed by atoms with Crippen LogP contribution < -0.4 is 10.7 Å². The van der Waals surface area contributed by atoms with Crippen LogP contribution in [0.1, 0.15) is 55.3 Å². The van der Waals surface area contributed by atoms with E-state index in [1.54, 1.807) is 13.1 Å². The monoisotopic (exact) mass is 360 g/mol. The van der Waals surface area contributed by atoms with E-state index in [4.69, 9.17) is 0 Å². The Balaban J connectivity index is 1.31. The molecule has 2 N–H and O–H groups in total. The fourth-order valence-electron chi connectivity index (χ4n) is 5.65. The number of amides is 1. The minimum atomic E-state index is 0.0611. The summed E-state index contributed by atoms with van der Waals surface area (Å²) in [5, 5.41) is 2.99. The van der Waals surface area contributed by atoms with Crippen LogP contribution in [0.5, 0.6) is 0 Å². The van der Waals surface area contributed by atoms with Gasteiger partial charge in [-0.15, -0.1) is 11.8 Å². The minimum Gasteiger partial charge on any atom is -0.363 e. The predicted octanol–water partition coefficient (Wildman–Crippen LogP) is 3.31. The molecule has 0 aliphatic heterocycles. The average Bonchev–Trinajstić information content (AvgIpc) is 2.56. The zero-order valence-electron chi connectivity index (χ0n) is 15.2. The van der Waals surface area contributed by atoms with E-state index in [9.17, 15) is 9.59 Å². The SMILES string of the molecule is Cc1c[nH]c(CNC(=O)CSC23CC4CC(CC(C4)C2)C3)c(C)c1=O. The topological polar surface area (TPSA) is 62.0 Å². The Labute approximate surface area is 153 Å². The first-order chi connectivity index (χ1) is 11.9. The summed E-state index contributed by atoms with van der Waals surface area (Å²) < 4.78 is 0.375. The van der Waals surface area contributed by atoms with Gasteiger partial charge in [0.15, 0.2) is 5.43 Å². The molecule has 25 heavy (non-hydrogen) atoms. The number of carbonyl (C=O) groups excluding carboxylic acids is 1. The van der Waals surface area contributed by atoms with Crippen LogP contribution in [0.2, 0.25) is 0 Å². The van der Waals surface area contributed by atoms with E-state index < -0.39 is 0 Å². The van der Waals surface area contributed by atoms with Gasteiger partial charge in [-0.3, -0.25) is 9.59 Å². The third-order valence-corrected chi connectivity index (χ3v) is 8.09. The van der Waals surface area contributed by atoms with Crippen molar-refractivity contribution in [2.45, 2.75) is 63.7 Å².